The predicted octanol–water partition coefficient (Wildman–Crippen LogP) is 8.22. The molecule has 2 aliphatic heterocycles. The molecular formula is C31H24ClNO2S. The minimum atomic E-state index is -1.06. The summed E-state index contributed by atoms with van der Waals surface area (Å²) in [6.45, 7) is 1.85. The van der Waals surface area contributed by atoms with Crippen LogP contribution >= 0.6 is 23.4 Å². The summed E-state index contributed by atoms with van der Waals surface area (Å²) in [6.07, 6.45) is 0.523. The normalized spacial score (nSPS) is 21.3. The first-order valence-electron chi connectivity index (χ1n) is 11.9. The van der Waals surface area contributed by atoms with Gasteiger partial charge in [-0.3, -0.25) is 9.69 Å². The number of benzene rings is 4. The molecule has 0 aliphatic carbocycles. The number of para-hydroxylation sites is 1. The number of amides is 1. The van der Waals surface area contributed by atoms with Crippen LogP contribution < -0.4 is 4.90 Å². The maximum atomic E-state index is 14.3. The van der Waals surface area contributed by atoms with Gasteiger partial charge < -0.3 is 4.74 Å². The Morgan fingerprint density at radius 2 is 1.50 bits per heavy atom. The number of rotatable bonds is 3. The molecular weight excluding hydrogens is 486 g/mol. The summed E-state index contributed by atoms with van der Waals surface area (Å²) in [6, 6.07) is 36.0. The van der Waals surface area contributed by atoms with Gasteiger partial charge in [0.25, 0.3) is 5.91 Å². The van der Waals surface area contributed by atoms with E-state index in [9.17, 15) is 4.79 Å². The van der Waals surface area contributed by atoms with Crippen LogP contribution in [0.2, 0.25) is 5.02 Å². The van der Waals surface area contributed by atoms with Crippen molar-refractivity contribution in [2.75, 3.05) is 4.90 Å². The summed E-state index contributed by atoms with van der Waals surface area (Å²) in [5.74, 6) is 0.555. The molecule has 6 rings (SSSR count). The van der Waals surface area contributed by atoms with Crippen molar-refractivity contribution in [1.82, 2.24) is 0 Å². The topological polar surface area (TPSA) is 29.5 Å². The molecule has 3 nitrogen and oxygen atoms in total. The average molecular weight is 510 g/mol. The SMILES string of the molecule is CC1=C(c2ccccc2)O[C@]2(c3ccccc3)C[C@@H](c3ccccc3Cl)Sc3ccccc3N2C1=O. The monoisotopic (exact) mass is 509 g/mol. The van der Waals surface area contributed by atoms with Crippen molar-refractivity contribution in [3.63, 3.8) is 0 Å². The summed E-state index contributed by atoms with van der Waals surface area (Å²) in [4.78, 5) is 17.2. The number of anilines is 1. The van der Waals surface area contributed by atoms with E-state index in [-0.39, 0.29) is 11.2 Å². The number of hydrogen-bond acceptors (Lipinski definition) is 3. The van der Waals surface area contributed by atoms with Gasteiger partial charge in [-0.15, -0.1) is 11.8 Å². The quantitative estimate of drug-likeness (QED) is 0.278. The van der Waals surface area contributed by atoms with Crippen molar-refractivity contribution in [2.24, 2.45) is 0 Å². The lowest BCUT2D eigenvalue weighted by atomic mass is 9.89. The Morgan fingerprint density at radius 3 is 2.25 bits per heavy atom. The molecule has 2 heterocycles. The van der Waals surface area contributed by atoms with Crippen LogP contribution in [-0.2, 0) is 15.3 Å². The van der Waals surface area contributed by atoms with E-state index in [1.165, 1.54) is 0 Å². The van der Waals surface area contributed by atoms with Crippen LogP contribution in [0.4, 0.5) is 5.69 Å². The van der Waals surface area contributed by atoms with Crippen LogP contribution in [-0.4, -0.2) is 5.91 Å². The van der Waals surface area contributed by atoms with Crippen molar-refractivity contribution in [3.8, 4) is 0 Å². The highest BCUT2D eigenvalue weighted by atomic mass is 35.5. The van der Waals surface area contributed by atoms with Crippen LogP contribution in [0.5, 0.6) is 0 Å². The number of carbonyl (C=O) groups is 1. The number of fused-ring (bicyclic) bond motifs is 3. The fourth-order valence-electron chi connectivity index (χ4n) is 5.12. The van der Waals surface area contributed by atoms with E-state index in [0.717, 1.165) is 27.3 Å². The van der Waals surface area contributed by atoms with E-state index in [2.05, 4.69) is 12.1 Å². The standard InChI is InChI=1S/C31H24ClNO2S/c1-21-29(22-12-4-2-5-13-22)35-31(23-14-6-3-7-15-23)20-28(24-16-8-9-17-25(24)32)36-27-19-11-10-18-26(27)33(31)30(21)34/h2-19,28H,20H2,1H3/t28-,31-/m0/s1. The van der Waals surface area contributed by atoms with Crippen LogP contribution in [0.3, 0.4) is 0 Å². The summed E-state index contributed by atoms with van der Waals surface area (Å²) >= 11 is 8.46. The molecule has 0 N–H and O–H groups in total. The Morgan fingerprint density at radius 1 is 0.861 bits per heavy atom. The highest BCUT2D eigenvalue weighted by molar-refractivity contribution is 7.99. The van der Waals surface area contributed by atoms with E-state index in [1.807, 2.05) is 109 Å². The Bertz CT molecular complexity index is 1470. The second kappa shape index (κ2) is 9.20. The molecule has 4 aromatic rings. The molecule has 0 radical (unpaired) electrons. The molecule has 5 heteroatoms. The largest absolute Gasteiger partial charge is 0.462 e. The molecule has 0 spiro atoms. The predicted molar refractivity (Wildman–Crippen MR) is 147 cm³/mol. The molecule has 0 saturated heterocycles. The third kappa shape index (κ3) is 3.73. The van der Waals surface area contributed by atoms with E-state index in [1.54, 1.807) is 11.8 Å². The summed E-state index contributed by atoms with van der Waals surface area (Å²) in [5.41, 5.74) is 3.21. The highest BCUT2D eigenvalue weighted by Gasteiger charge is 2.53. The number of thioether (sulfide) groups is 1. The van der Waals surface area contributed by atoms with Gasteiger partial charge in [0, 0.05) is 32.7 Å². The number of hydrogen-bond donors (Lipinski definition) is 0. The van der Waals surface area contributed by atoms with Gasteiger partial charge in [0.1, 0.15) is 5.76 Å². The Hall–Kier alpha value is -3.47. The molecule has 0 unspecified atom stereocenters. The molecule has 0 aromatic heterocycles. The zero-order chi connectivity index (χ0) is 24.7. The number of ether oxygens (including phenoxy) is 1. The minimum Gasteiger partial charge on any atom is -0.462 e. The van der Waals surface area contributed by atoms with Gasteiger partial charge in [-0.1, -0.05) is 103 Å². The van der Waals surface area contributed by atoms with Crippen molar-refractivity contribution in [1.29, 1.82) is 0 Å². The highest BCUT2D eigenvalue weighted by Crippen LogP contribution is 2.57. The van der Waals surface area contributed by atoms with E-state index >= 15 is 0 Å². The van der Waals surface area contributed by atoms with E-state index in [4.69, 9.17) is 16.3 Å². The first kappa shape index (κ1) is 23.0. The van der Waals surface area contributed by atoms with Gasteiger partial charge in [-0.2, -0.15) is 0 Å². The number of halogens is 1. The number of carbonyl (C=O) groups excluding carboxylic acids is 1. The van der Waals surface area contributed by atoms with Crippen LogP contribution in [0, 0.1) is 0 Å². The number of nitrogens with zero attached hydrogens (tertiary/aromatic N) is 1. The van der Waals surface area contributed by atoms with Crippen molar-refractivity contribution in [3.05, 3.63) is 136 Å². The first-order chi connectivity index (χ1) is 17.6. The van der Waals surface area contributed by atoms with Gasteiger partial charge in [0.2, 0.25) is 5.72 Å². The van der Waals surface area contributed by atoms with E-state index < -0.39 is 5.72 Å². The van der Waals surface area contributed by atoms with Crippen LogP contribution in [0.15, 0.2) is 120 Å². The molecule has 2 atom stereocenters. The lowest BCUT2D eigenvalue weighted by Gasteiger charge is -2.48. The van der Waals surface area contributed by atoms with Crippen LogP contribution in [0.25, 0.3) is 5.76 Å². The molecule has 0 fully saturated rings. The Balaban J connectivity index is 1.64. The summed E-state index contributed by atoms with van der Waals surface area (Å²) in [5, 5.41) is 0.662. The first-order valence-corrected chi connectivity index (χ1v) is 13.2. The van der Waals surface area contributed by atoms with Crippen LogP contribution in [0.1, 0.15) is 35.3 Å². The molecule has 36 heavy (non-hydrogen) atoms. The molecule has 0 bridgehead atoms. The van der Waals surface area contributed by atoms with Gasteiger partial charge in [-0.25, -0.2) is 0 Å². The molecule has 0 saturated carbocycles. The van der Waals surface area contributed by atoms with Gasteiger partial charge >= 0.3 is 0 Å². The minimum absolute atomic E-state index is 0.0479. The smallest absolute Gasteiger partial charge is 0.261 e. The van der Waals surface area contributed by atoms with Crippen molar-refractivity contribution in [2.45, 2.75) is 29.2 Å². The third-order valence-electron chi connectivity index (χ3n) is 6.85. The molecule has 2 aliphatic rings. The maximum Gasteiger partial charge on any atom is 0.261 e. The summed E-state index contributed by atoms with van der Waals surface area (Å²) < 4.78 is 7.09. The van der Waals surface area contributed by atoms with Gasteiger partial charge in [0.05, 0.1) is 11.3 Å². The molecule has 4 aromatic carbocycles. The fourth-order valence-corrected chi connectivity index (χ4v) is 6.84. The van der Waals surface area contributed by atoms with Gasteiger partial charge in [-0.05, 0) is 30.7 Å². The molecule has 1 amide bonds. The fraction of sp³-hybridized carbons (Fsp3) is 0.129. The zero-order valence-corrected chi connectivity index (χ0v) is 21.3. The third-order valence-corrected chi connectivity index (χ3v) is 8.50. The van der Waals surface area contributed by atoms with Gasteiger partial charge in [0.15, 0.2) is 0 Å². The van der Waals surface area contributed by atoms with Crippen molar-refractivity contribution >= 4 is 40.7 Å². The summed E-state index contributed by atoms with van der Waals surface area (Å²) in [7, 11) is 0. The lowest BCUT2D eigenvalue weighted by molar-refractivity contribution is -0.122. The Kier molecular flexibility index (Phi) is 5.87. The van der Waals surface area contributed by atoms with Crippen molar-refractivity contribution < 1.29 is 9.53 Å². The lowest BCUT2D eigenvalue weighted by Crippen LogP contribution is -2.55. The second-order valence-corrected chi connectivity index (χ2v) is 10.7. The maximum absolute atomic E-state index is 14.3. The second-order valence-electron chi connectivity index (χ2n) is 9.01. The molecule has 178 valence electrons. The Labute approximate surface area is 220 Å². The van der Waals surface area contributed by atoms with E-state index in [0.29, 0.717) is 22.8 Å². The average Bonchev–Trinajstić information content (AvgIpc) is 3.07. The zero-order valence-electron chi connectivity index (χ0n) is 19.7.